The zero-order valence-electron chi connectivity index (χ0n) is 10.3. The van der Waals surface area contributed by atoms with E-state index in [9.17, 15) is 9.18 Å². The van der Waals surface area contributed by atoms with Crippen molar-refractivity contribution in [2.45, 2.75) is 6.54 Å². The summed E-state index contributed by atoms with van der Waals surface area (Å²) in [5.74, 6) is -0.772. The Morgan fingerprint density at radius 3 is 2.56 bits per heavy atom. The van der Waals surface area contributed by atoms with Gasteiger partial charge in [0, 0.05) is 26.8 Å². The fourth-order valence-electron chi connectivity index (χ4n) is 1.28. The SMILES string of the molecule is CN(C)C=C(C#N)C(=O)NCc1ccc(F)cc1. The molecule has 0 heterocycles. The highest BCUT2D eigenvalue weighted by Crippen LogP contribution is 2.03. The molecule has 1 rings (SSSR count). The van der Waals surface area contributed by atoms with Crippen LogP contribution in [-0.4, -0.2) is 24.9 Å². The highest BCUT2D eigenvalue weighted by molar-refractivity contribution is 5.97. The summed E-state index contributed by atoms with van der Waals surface area (Å²) < 4.78 is 12.7. The van der Waals surface area contributed by atoms with Gasteiger partial charge in [-0.2, -0.15) is 5.26 Å². The lowest BCUT2D eigenvalue weighted by Crippen LogP contribution is -2.25. The van der Waals surface area contributed by atoms with Crippen LogP contribution in [0.3, 0.4) is 0 Å². The standard InChI is InChI=1S/C13H14FN3O/c1-17(2)9-11(7-15)13(18)16-8-10-3-5-12(14)6-4-10/h3-6,9H,8H2,1-2H3,(H,16,18). The normalized spacial score (nSPS) is 10.7. The van der Waals surface area contributed by atoms with Gasteiger partial charge in [-0.05, 0) is 17.7 Å². The van der Waals surface area contributed by atoms with E-state index in [1.807, 2.05) is 6.07 Å². The van der Waals surface area contributed by atoms with Crippen LogP contribution in [0.1, 0.15) is 5.56 Å². The number of nitrogens with zero attached hydrogens (tertiary/aromatic N) is 2. The second kappa shape index (κ2) is 6.40. The van der Waals surface area contributed by atoms with E-state index in [2.05, 4.69) is 5.32 Å². The fraction of sp³-hybridized carbons (Fsp3) is 0.231. The minimum absolute atomic E-state index is 0.0297. The van der Waals surface area contributed by atoms with Gasteiger partial charge in [0.15, 0.2) is 0 Å². The van der Waals surface area contributed by atoms with Crippen LogP contribution in [0.5, 0.6) is 0 Å². The lowest BCUT2D eigenvalue weighted by atomic mass is 10.2. The van der Waals surface area contributed by atoms with E-state index in [0.29, 0.717) is 0 Å². The molecule has 1 amide bonds. The molecule has 0 aliphatic carbocycles. The van der Waals surface area contributed by atoms with Gasteiger partial charge < -0.3 is 10.2 Å². The summed E-state index contributed by atoms with van der Waals surface area (Å²) in [6.45, 7) is 0.256. The summed E-state index contributed by atoms with van der Waals surface area (Å²) in [6.07, 6.45) is 1.44. The minimum atomic E-state index is -0.449. The molecule has 1 aromatic rings. The van der Waals surface area contributed by atoms with Gasteiger partial charge in [-0.25, -0.2) is 4.39 Å². The maximum atomic E-state index is 12.7. The van der Waals surface area contributed by atoms with Gasteiger partial charge in [-0.3, -0.25) is 4.79 Å². The molecule has 0 unspecified atom stereocenters. The van der Waals surface area contributed by atoms with Crippen LogP contribution in [0, 0.1) is 17.1 Å². The molecule has 1 aromatic carbocycles. The quantitative estimate of drug-likeness (QED) is 0.646. The smallest absolute Gasteiger partial charge is 0.263 e. The van der Waals surface area contributed by atoms with Crippen LogP contribution in [-0.2, 0) is 11.3 Å². The summed E-state index contributed by atoms with van der Waals surface area (Å²) in [6, 6.07) is 7.63. The van der Waals surface area contributed by atoms with Crippen molar-refractivity contribution in [3.63, 3.8) is 0 Å². The molecule has 0 saturated heterocycles. The van der Waals surface area contributed by atoms with Crippen molar-refractivity contribution in [2.24, 2.45) is 0 Å². The molecule has 5 heteroatoms. The number of hydrogen-bond acceptors (Lipinski definition) is 3. The van der Waals surface area contributed by atoms with Gasteiger partial charge in [0.1, 0.15) is 17.5 Å². The molecule has 0 atom stereocenters. The molecule has 0 radical (unpaired) electrons. The van der Waals surface area contributed by atoms with E-state index in [-0.39, 0.29) is 17.9 Å². The molecule has 0 aliphatic rings. The molecule has 94 valence electrons. The third kappa shape index (κ3) is 4.26. The van der Waals surface area contributed by atoms with E-state index in [1.54, 1.807) is 31.1 Å². The first-order chi connectivity index (χ1) is 8.52. The van der Waals surface area contributed by atoms with E-state index >= 15 is 0 Å². The third-order valence-corrected chi connectivity index (χ3v) is 2.12. The maximum Gasteiger partial charge on any atom is 0.263 e. The van der Waals surface area contributed by atoms with Crippen molar-refractivity contribution < 1.29 is 9.18 Å². The van der Waals surface area contributed by atoms with Gasteiger partial charge >= 0.3 is 0 Å². The molecule has 1 N–H and O–H groups in total. The highest BCUT2D eigenvalue weighted by atomic mass is 19.1. The van der Waals surface area contributed by atoms with Crippen LogP contribution >= 0.6 is 0 Å². The number of halogens is 1. The average Bonchev–Trinajstić information content (AvgIpc) is 2.34. The number of carbonyl (C=O) groups is 1. The molecule has 0 saturated carbocycles. The van der Waals surface area contributed by atoms with Crippen molar-refractivity contribution in [3.8, 4) is 6.07 Å². The van der Waals surface area contributed by atoms with Crippen molar-refractivity contribution >= 4 is 5.91 Å². The lowest BCUT2D eigenvalue weighted by molar-refractivity contribution is -0.117. The molecule has 0 fully saturated rings. The molecule has 0 bridgehead atoms. The Morgan fingerprint density at radius 1 is 1.44 bits per heavy atom. The van der Waals surface area contributed by atoms with Gasteiger partial charge in [-0.15, -0.1) is 0 Å². The first kappa shape index (κ1) is 13.7. The summed E-state index contributed by atoms with van der Waals surface area (Å²) >= 11 is 0. The summed E-state index contributed by atoms with van der Waals surface area (Å²) in [7, 11) is 3.45. The number of amides is 1. The summed E-state index contributed by atoms with van der Waals surface area (Å²) in [5, 5.41) is 11.4. The Bertz CT molecular complexity index is 486. The van der Waals surface area contributed by atoms with E-state index in [0.717, 1.165) is 5.56 Å². The highest BCUT2D eigenvalue weighted by Gasteiger charge is 2.08. The fourth-order valence-corrected chi connectivity index (χ4v) is 1.28. The number of nitriles is 1. The Balaban J connectivity index is 2.61. The number of benzene rings is 1. The van der Waals surface area contributed by atoms with E-state index in [4.69, 9.17) is 5.26 Å². The Morgan fingerprint density at radius 2 is 2.06 bits per heavy atom. The molecule has 0 spiro atoms. The number of carbonyl (C=O) groups excluding carboxylic acids is 1. The van der Waals surface area contributed by atoms with Gasteiger partial charge in [-0.1, -0.05) is 12.1 Å². The maximum absolute atomic E-state index is 12.7. The number of nitrogens with one attached hydrogen (secondary N) is 1. The van der Waals surface area contributed by atoms with Gasteiger partial charge in [0.05, 0.1) is 0 Å². The zero-order chi connectivity index (χ0) is 13.5. The van der Waals surface area contributed by atoms with Crippen LogP contribution in [0.2, 0.25) is 0 Å². The molecule has 0 aliphatic heterocycles. The van der Waals surface area contributed by atoms with Crippen LogP contribution in [0.15, 0.2) is 36.0 Å². The predicted octanol–water partition coefficient (Wildman–Crippen LogP) is 1.41. The van der Waals surface area contributed by atoms with Crippen molar-refractivity contribution in [1.29, 1.82) is 5.26 Å². The number of rotatable bonds is 4. The molecular formula is C13H14FN3O. The van der Waals surface area contributed by atoms with Crippen molar-refractivity contribution in [3.05, 3.63) is 47.4 Å². The number of hydrogen-bond donors (Lipinski definition) is 1. The first-order valence-corrected chi connectivity index (χ1v) is 5.34. The Labute approximate surface area is 105 Å². The van der Waals surface area contributed by atoms with Gasteiger partial charge in [0.25, 0.3) is 5.91 Å². The van der Waals surface area contributed by atoms with E-state index < -0.39 is 5.91 Å². The van der Waals surface area contributed by atoms with Crippen molar-refractivity contribution in [2.75, 3.05) is 14.1 Å². The second-order valence-electron chi connectivity index (χ2n) is 3.93. The molecule has 18 heavy (non-hydrogen) atoms. The lowest BCUT2D eigenvalue weighted by Gasteiger charge is -2.07. The zero-order valence-corrected chi connectivity index (χ0v) is 10.3. The Hall–Kier alpha value is -2.35. The topological polar surface area (TPSA) is 56.1 Å². The molecule has 4 nitrogen and oxygen atoms in total. The average molecular weight is 247 g/mol. The molecule has 0 aromatic heterocycles. The summed E-state index contributed by atoms with van der Waals surface area (Å²) in [5.41, 5.74) is 0.800. The molecular weight excluding hydrogens is 233 g/mol. The third-order valence-electron chi connectivity index (χ3n) is 2.12. The van der Waals surface area contributed by atoms with Gasteiger partial charge in [0.2, 0.25) is 0 Å². The monoisotopic (exact) mass is 247 g/mol. The largest absolute Gasteiger partial charge is 0.382 e. The summed E-state index contributed by atoms with van der Waals surface area (Å²) in [4.78, 5) is 13.3. The first-order valence-electron chi connectivity index (χ1n) is 5.34. The van der Waals surface area contributed by atoms with Crippen molar-refractivity contribution in [1.82, 2.24) is 10.2 Å². The Kier molecular flexibility index (Phi) is 4.88. The minimum Gasteiger partial charge on any atom is -0.382 e. The second-order valence-corrected chi connectivity index (χ2v) is 3.93. The predicted molar refractivity (Wildman–Crippen MR) is 65.6 cm³/mol. The van der Waals surface area contributed by atoms with E-state index in [1.165, 1.54) is 18.3 Å². The van der Waals surface area contributed by atoms with Crippen LogP contribution < -0.4 is 5.32 Å². The van der Waals surface area contributed by atoms with Crippen LogP contribution in [0.25, 0.3) is 0 Å². The van der Waals surface area contributed by atoms with Crippen LogP contribution in [0.4, 0.5) is 4.39 Å².